The SMILES string of the molecule is CC(C)(C)c1onc(NC(=O)n2ccc3cc(Oc4ncnc5c4CNC5)ccc32)c1Cl. The van der Waals surface area contributed by atoms with Crippen LogP contribution in [0.4, 0.5) is 10.6 Å². The van der Waals surface area contributed by atoms with Gasteiger partial charge in [-0.05, 0) is 24.3 Å². The van der Waals surface area contributed by atoms with Gasteiger partial charge in [-0.1, -0.05) is 37.5 Å². The molecule has 1 amide bonds. The number of ether oxygens (including phenoxy) is 1. The highest BCUT2D eigenvalue weighted by Gasteiger charge is 2.27. The largest absolute Gasteiger partial charge is 0.439 e. The molecule has 4 heterocycles. The summed E-state index contributed by atoms with van der Waals surface area (Å²) in [4.78, 5) is 21.4. The molecule has 0 radical (unpaired) electrons. The number of hydrogen-bond donors (Lipinski definition) is 2. The van der Waals surface area contributed by atoms with Gasteiger partial charge in [0.1, 0.15) is 17.1 Å². The number of rotatable bonds is 3. The predicted molar refractivity (Wildman–Crippen MR) is 119 cm³/mol. The minimum Gasteiger partial charge on any atom is -0.439 e. The smallest absolute Gasteiger partial charge is 0.331 e. The van der Waals surface area contributed by atoms with Gasteiger partial charge in [-0.25, -0.2) is 14.8 Å². The second-order valence-corrected chi connectivity index (χ2v) is 8.95. The Morgan fingerprint density at radius 2 is 2.09 bits per heavy atom. The monoisotopic (exact) mass is 452 g/mol. The molecule has 0 saturated heterocycles. The van der Waals surface area contributed by atoms with Crippen LogP contribution >= 0.6 is 11.6 Å². The van der Waals surface area contributed by atoms with Crippen molar-refractivity contribution < 1.29 is 14.1 Å². The Morgan fingerprint density at radius 1 is 1.25 bits per heavy atom. The molecule has 0 spiro atoms. The Bertz CT molecular complexity index is 1340. The third kappa shape index (κ3) is 3.59. The van der Waals surface area contributed by atoms with Gasteiger partial charge in [-0.15, -0.1) is 0 Å². The van der Waals surface area contributed by atoms with Crippen molar-refractivity contribution in [2.45, 2.75) is 39.3 Å². The fourth-order valence-corrected chi connectivity index (χ4v) is 4.01. The van der Waals surface area contributed by atoms with E-state index in [0.29, 0.717) is 41.0 Å². The molecule has 10 heteroatoms. The van der Waals surface area contributed by atoms with E-state index in [9.17, 15) is 4.79 Å². The highest BCUT2D eigenvalue weighted by Crippen LogP contribution is 2.35. The van der Waals surface area contributed by atoms with Crippen LogP contribution in [0.25, 0.3) is 10.9 Å². The second kappa shape index (κ2) is 7.61. The van der Waals surface area contributed by atoms with Crippen molar-refractivity contribution in [2.24, 2.45) is 0 Å². The number of amides is 1. The maximum atomic E-state index is 12.9. The molecular formula is C22H21ClN6O3. The van der Waals surface area contributed by atoms with Crippen LogP contribution < -0.4 is 15.4 Å². The van der Waals surface area contributed by atoms with Gasteiger partial charge in [0, 0.05) is 30.1 Å². The highest BCUT2D eigenvalue weighted by molar-refractivity contribution is 6.34. The standard InChI is InChI=1S/C22H21ClN6O3/c1-22(2,3)18-17(23)19(28-32-18)27-21(30)29-7-6-12-8-13(4-5-16(12)29)31-20-14-9-24-10-15(14)25-11-26-20/h4-8,11,24H,9-10H2,1-3H3,(H,27,28,30). The van der Waals surface area contributed by atoms with E-state index in [4.69, 9.17) is 20.9 Å². The number of fused-ring (bicyclic) bond motifs is 2. The maximum absolute atomic E-state index is 12.9. The third-order valence-corrected chi connectivity index (χ3v) is 5.58. The lowest BCUT2D eigenvalue weighted by atomic mass is 9.93. The zero-order valence-corrected chi connectivity index (χ0v) is 18.5. The maximum Gasteiger partial charge on any atom is 0.331 e. The topological polar surface area (TPSA) is 107 Å². The average Bonchev–Trinajstić information content (AvgIpc) is 3.46. The van der Waals surface area contributed by atoms with E-state index in [2.05, 4.69) is 25.8 Å². The van der Waals surface area contributed by atoms with Crippen molar-refractivity contribution in [2.75, 3.05) is 5.32 Å². The lowest BCUT2D eigenvalue weighted by Crippen LogP contribution is -2.19. The van der Waals surface area contributed by atoms with Crippen LogP contribution in [0.15, 0.2) is 41.3 Å². The Balaban J connectivity index is 1.38. The van der Waals surface area contributed by atoms with Gasteiger partial charge in [0.15, 0.2) is 11.6 Å². The van der Waals surface area contributed by atoms with E-state index in [-0.39, 0.29) is 11.2 Å². The summed E-state index contributed by atoms with van der Waals surface area (Å²) in [7, 11) is 0. The first-order valence-corrected chi connectivity index (χ1v) is 10.5. The quantitative estimate of drug-likeness (QED) is 0.457. The van der Waals surface area contributed by atoms with Gasteiger partial charge in [0.2, 0.25) is 5.88 Å². The van der Waals surface area contributed by atoms with Crippen LogP contribution in [0.5, 0.6) is 11.6 Å². The second-order valence-electron chi connectivity index (χ2n) is 8.57. The van der Waals surface area contributed by atoms with Crippen molar-refractivity contribution in [3.8, 4) is 11.6 Å². The van der Waals surface area contributed by atoms with Gasteiger partial charge < -0.3 is 14.6 Å². The molecule has 1 aliphatic rings. The molecule has 0 atom stereocenters. The molecule has 0 aliphatic carbocycles. The zero-order chi connectivity index (χ0) is 22.5. The molecule has 164 valence electrons. The van der Waals surface area contributed by atoms with E-state index in [0.717, 1.165) is 16.6 Å². The number of carbonyl (C=O) groups excluding carboxylic acids is 1. The van der Waals surface area contributed by atoms with Crippen molar-refractivity contribution in [1.82, 2.24) is 25.0 Å². The summed E-state index contributed by atoms with van der Waals surface area (Å²) in [5, 5.41) is 11.0. The molecule has 2 N–H and O–H groups in total. The minimum absolute atomic E-state index is 0.189. The van der Waals surface area contributed by atoms with E-state index in [1.807, 2.05) is 39.0 Å². The van der Waals surface area contributed by atoms with E-state index in [1.54, 1.807) is 12.3 Å². The Kier molecular flexibility index (Phi) is 4.87. The van der Waals surface area contributed by atoms with Gasteiger partial charge in [-0.2, -0.15) is 0 Å². The summed E-state index contributed by atoms with van der Waals surface area (Å²) in [5.74, 6) is 1.86. The highest BCUT2D eigenvalue weighted by atomic mass is 35.5. The van der Waals surface area contributed by atoms with Gasteiger partial charge in [-0.3, -0.25) is 9.88 Å². The van der Waals surface area contributed by atoms with Gasteiger partial charge >= 0.3 is 6.03 Å². The molecule has 0 saturated carbocycles. The number of nitrogens with zero attached hydrogens (tertiary/aromatic N) is 4. The first-order valence-electron chi connectivity index (χ1n) is 10.1. The molecule has 9 nitrogen and oxygen atoms in total. The van der Waals surface area contributed by atoms with Crippen molar-refractivity contribution in [3.05, 3.63) is 58.8 Å². The van der Waals surface area contributed by atoms with Crippen LogP contribution in [0.3, 0.4) is 0 Å². The minimum atomic E-state index is -0.399. The van der Waals surface area contributed by atoms with E-state index < -0.39 is 6.03 Å². The number of benzene rings is 1. The van der Waals surface area contributed by atoms with Crippen molar-refractivity contribution >= 4 is 34.4 Å². The zero-order valence-electron chi connectivity index (χ0n) is 17.8. The summed E-state index contributed by atoms with van der Waals surface area (Å²) >= 11 is 6.36. The van der Waals surface area contributed by atoms with Crippen molar-refractivity contribution in [1.29, 1.82) is 0 Å². The third-order valence-electron chi connectivity index (χ3n) is 5.23. The number of anilines is 1. The molecule has 3 aromatic heterocycles. The first kappa shape index (κ1) is 20.5. The van der Waals surface area contributed by atoms with Crippen molar-refractivity contribution in [3.63, 3.8) is 0 Å². The molecule has 4 aromatic rings. The summed E-state index contributed by atoms with van der Waals surface area (Å²) in [6, 6.07) is 6.90. The fourth-order valence-electron chi connectivity index (χ4n) is 3.61. The summed E-state index contributed by atoms with van der Waals surface area (Å²) in [6.45, 7) is 7.24. The summed E-state index contributed by atoms with van der Waals surface area (Å²) < 4.78 is 12.8. The molecule has 0 bridgehead atoms. The molecular weight excluding hydrogens is 432 g/mol. The Hall–Kier alpha value is -3.43. The fraction of sp³-hybridized carbons (Fsp3) is 0.273. The molecule has 1 aromatic carbocycles. The van der Waals surface area contributed by atoms with Crippen LogP contribution in [0, 0.1) is 0 Å². The number of carbonyl (C=O) groups is 1. The summed E-state index contributed by atoms with van der Waals surface area (Å²) in [6.07, 6.45) is 3.18. The first-order chi connectivity index (χ1) is 15.3. The number of hydrogen-bond acceptors (Lipinski definition) is 7. The van der Waals surface area contributed by atoms with Crippen LogP contribution in [-0.4, -0.2) is 25.7 Å². The average molecular weight is 453 g/mol. The van der Waals surface area contributed by atoms with E-state index >= 15 is 0 Å². The van der Waals surface area contributed by atoms with E-state index in [1.165, 1.54) is 10.9 Å². The summed E-state index contributed by atoms with van der Waals surface area (Å²) in [5.41, 5.74) is 2.28. The van der Waals surface area contributed by atoms with Crippen LogP contribution in [0.1, 0.15) is 37.8 Å². The molecule has 32 heavy (non-hydrogen) atoms. The number of halogens is 1. The van der Waals surface area contributed by atoms with Crippen LogP contribution in [-0.2, 0) is 18.5 Å². The number of nitrogens with one attached hydrogen (secondary N) is 2. The Morgan fingerprint density at radius 3 is 2.88 bits per heavy atom. The molecule has 1 aliphatic heterocycles. The normalized spacial score (nSPS) is 13.4. The van der Waals surface area contributed by atoms with Gasteiger partial charge in [0.05, 0.1) is 16.8 Å². The Labute approximate surface area is 188 Å². The molecule has 5 rings (SSSR count). The number of aromatic nitrogens is 4. The predicted octanol–water partition coefficient (Wildman–Crippen LogP) is 4.85. The van der Waals surface area contributed by atoms with Crippen LogP contribution in [0.2, 0.25) is 5.02 Å². The molecule has 0 unspecified atom stereocenters. The lowest BCUT2D eigenvalue weighted by Gasteiger charge is -2.13. The lowest BCUT2D eigenvalue weighted by molar-refractivity contribution is 0.254. The molecule has 0 fully saturated rings. The van der Waals surface area contributed by atoms with Gasteiger partial charge in [0.25, 0.3) is 0 Å².